The second-order valence-electron chi connectivity index (χ2n) is 8.29. The van der Waals surface area contributed by atoms with Crippen molar-refractivity contribution in [1.29, 1.82) is 0 Å². The van der Waals surface area contributed by atoms with Crippen LogP contribution in [0.5, 0.6) is 0 Å². The number of amides is 1. The van der Waals surface area contributed by atoms with Gasteiger partial charge in [0.1, 0.15) is 10.7 Å². The molecule has 158 valence electrons. The third-order valence-corrected chi connectivity index (χ3v) is 8.44. The van der Waals surface area contributed by atoms with Crippen LogP contribution >= 0.6 is 22.7 Å². The lowest BCUT2D eigenvalue weighted by atomic mass is 10.0. The van der Waals surface area contributed by atoms with Gasteiger partial charge in [-0.2, -0.15) is 0 Å². The number of aryl methyl sites for hydroxylation is 4. The highest BCUT2D eigenvalue weighted by Crippen LogP contribution is 2.32. The number of hydrogen-bond donors (Lipinski definition) is 1. The minimum Gasteiger partial charge on any atom is -0.297 e. The van der Waals surface area contributed by atoms with E-state index < -0.39 is 0 Å². The van der Waals surface area contributed by atoms with Crippen LogP contribution in [0, 0.1) is 6.92 Å². The van der Waals surface area contributed by atoms with Crippen LogP contribution in [0.4, 0.5) is 5.13 Å². The zero-order valence-electron chi connectivity index (χ0n) is 17.3. The van der Waals surface area contributed by atoms with Crippen molar-refractivity contribution < 1.29 is 4.79 Å². The summed E-state index contributed by atoms with van der Waals surface area (Å²) in [6, 6.07) is 0. The summed E-state index contributed by atoms with van der Waals surface area (Å²) in [5.74, 6) is 0.676. The molecule has 2 aliphatic rings. The molecule has 0 aromatic carbocycles. The van der Waals surface area contributed by atoms with Crippen molar-refractivity contribution in [3.05, 3.63) is 37.2 Å². The summed E-state index contributed by atoms with van der Waals surface area (Å²) in [5, 5.41) is 4.27. The number of anilines is 1. The molecule has 1 amide bonds. The molecule has 1 N–H and O–H groups in total. The Morgan fingerprint density at radius 2 is 1.73 bits per heavy atom. The first-order chi connectivity index (χ1) is 14.6. The van der Waals surface area contributed by atoms with Crippen molar-refractivity contribution in [1.82, 2.24) is 14.5 Å². The number of thiophene rings is 1. The second kappa shape index (κ2) is 8.23. The van der Waals surface area contributed by atoms with Crippen LogP contribution < -0.4 is 10.9 Å². The number of nitrogens with one attached hydrogen (secondary N) is 1. The molecule has 0 saturated carbocycles. The first-order valence-corrected chi connectivity index (χ1v) is 12.6. The molecule has 5 rings (SSSR count). The Hall–Kier alpha value is -2.06. The number of carbonyl (C=O) groups is 1. The van der Waals surface area contributed by atoms with Gasteiger partial charge in [-0.1, -0.05) is 19.3 Å². The van der Waals surface area contributed by atoms with Crippen molar-refractivity contribution in [2.45, 2.75) is 77.7 Å². The lowest BCUT2D eigenvalue weighted by Gasteiger charge is -2.08. The van der Waals surface area contributed by atoms with Crippen LogP contribution in [0.1, 0.15) is 76.6 Å². The molecule has 6 nitrogen and oxygen atoms in total. The smallest absolute Gasteiger partial charge is 0.267 e. The van der Waals surface area contributed by atoms with Crippen LogP contribution in [-0.4, -0.2) is 20.4 Å². The molecule has 30 heavy (non-hydrogen) atoms. The van der Waals surface area contributed by atoms with Crippen molar-refractivity contribution in [2.75, 3.05) is 5.32 Å². The quantitative estimate of drug-likeness (QED) is 0.615. The fourth-order valence-electron chi connectivity index (χ4n) is 4.54. The fourth-order valence-corrected chi connectivity index (χ4v) is 6.67. The molecule has 0 bridgehead atoms. The molecule has 0 unspecified atom stereocenters. The average Bonchev–Trinajstić information content (AvgIpc) is 3.12. The van der Waals surface area contributed by atoms with E-state index in [1.165, 1.54) is 41.9 Å². The van der Waals surface area contributed by atoms with Gasteiger partial charge in [0.15, 0.2) is 5.13 Å². The Morgan fingerprint density at radius 1 is 0.967 bits per heavy atom. The third-order valence-electron chi connectivity index (χ3n) is 6.18. The largest absolute Gasteiger partial charge is 0.297 e. The van der Waals surface area contributed by atoms with Gasteiger partial charge >= 0.3 is 0 Å². The molecule has 0 spiro atoms. The highest BCUT2D eigenvalue weighted by atomic mass is 32.1. The molecule has 8 heteroatoms. The molecular weight excluding hydrogens is 416 g/mol. The number of thiazole rings is 1. The topological polar surface area (TPSA) is 76.9 Å². The molecule has 1 aliphatic carbocycles. The van der Waals surface area contributed by atoms with Crippen LogP contribution in [0.3, 0.4) is 0 Å². The van der Waals surface area contributed by atoms with Crippen LogP contribution in [-0.2, 0) is 25.8 Å². The van der Waals surface area contributed by atoms with Crippen LogP contribution in [0.2, 0.25) is 0 Å². The van der Waals surface area contributed by atoms with Crippen LogP contribution in [0.15, 0.2) is 4.79 Å². The highest BCUT2D eigenvalue weighted by molar-refractivity contribution is 7.21. The molecule has 1 aliphatic heterocycles. The summed E-state index contributed by atoms with van der Waals surface area (Å²) in [7, 11) is 0. The van der Waals surface area contributed by atoms with Crippen molar-refractivity contribution in [3.8, 4) is 0 Å². The normalized spacial score (nSPS) is 17.0. The van der Waals surface area contributed by atoms with E-state index in [1.807, 2.05) is 11.5 Å². The molecular formula is C22H26N4O2S2. The standard InChI is InChI=1S/C22H26N4O2S2/c1-13-17-20(24-16-11-7-4-8-12-26(16)21(17)28)30-18(13)19(27)25-22-23-14-9-5-2-3-6-10-15(14)29-22/h2-12H2,1H3,(H,23,25,27). The predicted molar refractivity (Wildman–Crippen MR) is 122 cm³/mol. The van der Waals surface area contributed by atoms with E-state index in [-0.39, 0.29) is 11.5 Å². The Balaban J connectivity index is 1.47. The van der Waals surface area contributed by atoms with Gasteiger partial charge in [-0.25, -0.2) is 9.97 Å². The third kappa shape index (κ3) is 3.60. The van der Waals surface area contributed by atoms with Gasteiger partial charge in [0, 0.05) is 17.8 Å². The van der Waals surface area contributed by atoms with Crippen LogP contribution in [0.25, 0.3) is 10.2 Å². The van der Waals surface area contributed by atoms with E-state index in [0.717, 1.165) is 62.2 Å². The summed E-state index contributed by atoms with van der Waals surface area (Å²) < 4.78 is 1.82. The van der Waals surface area contributed by atoms with Gasteiger partial charge < -0.3 is 0 Å². The van der Waals surface area contributed by atoms with Gasteiger partial charge in [0.05, 0.1) is 16.0 Å². The van der Waals surface area contributed by atoms with Gasteiger partial charge in [-0.3, -0.25) is 19.5 Å². The summed E-state index contributed by atoms with van der Waals surface area (Å²) in [5.41, 5.74) is 1.88. The van der Waals surface area contributed by atoms with E-state index in [1.54, 1.807) is 11.3 Å². The number of hydrogen-bond acceptors (Lipinski definition) is 6. The number of rotatable bonds is 2. The molecule has 3 aromatic rings. The lowest BCUT2D eigenvalue weighted by molar-refractivity contribution is 0.103. The summed E-state index contributed by atoms with van der Waals surface area (Å²) >= 11 is 2.93. The van der Waals surface area contributed by atoms with E-state index in [4.69, 9.17) is 9.97 Å². The molecule has 0 atom stereocenters. The lowest BCUT2D eigenvalue weighted by Crippen LogP contribution is -2.24. The SMILES string of the molecule is Cc1c(C(=O)Nc2nc3c(s2)CCCCCC3)sc2nc3n(c(=O)c12)CCCCC3. The van der Waals surface area contributed by atoms with Gasteiger partial charge in [-0.05, 0) is 51.0 Å². The first kappa shape index (κ1) is 19.9. The maximum absolute atomic E-state index is 13.1. The maximum Gasteiger partial charge on any atom is 0.267 e. The van der Waals surface area contributed by atoms with Gasteiger partial charge in [-0.15, -0.1) is 22.7 Å². The van der Waals surface area contributed by atoms with E-state index in [9.17, 15) is 9.59 Å². The van der Waals surface area contributed by atoms with Crippen molar-refractivity contribution >= 4 is 43.9 Å². The number of fused-ring (bicyclic) bond motifs is 3. The molecule has 0 fully saturated rings. The minimum absolute atomic E-state index is 0.00177. The monoisotopic (exact) mass is 442 g/mol. The highest BCUT2D eigenvalue weighted by Gasteiger charge is 2.23. The number of nitrogens with zero attached hydrogens (tertiary/aromatic N) is 3. The number of aromatic nitrogens is 3. The Morgan fingerprint density at radius 3 is 2.60 bits per heavy atom. The predicted octanol–water partition coefficient (Wildman–Crippen LogP) is 4.86. The minimum atomic E-state index is -0.184. The summed E-state index contributed by atoms with van der Waals surface area (Å²) in [4.78, 5) is 38.2. The Bertz CT molecular complexity index is 1150. The van der Waals surface area contributed by atoms with E-state index >= 15 is 0 Å². The Kier molecular flexibility index (Phi) is 5.45. The average molecular weight is 443 g/mol. The molecule has 3 aromatic heterocycles. The second-order valence-corrected chi connectivity index (χ2v) is 10.4. The number of carbonyl (C=O) groups excluding carboxylic acids is 1. The van der Waals surface area contributed by atoms with Gasteiger partial charge in [0.25, 0.3) is 11.5 Å². The summed E-state index contributed by atoms with van der Waals surface area (Å²) in [6.45, 7) is 2.58. The van der Waals surface area contributed by atoms with E-state index in [2.05, 4.69) is 5.32 Å². The van der Waals surface area contributed by atoms with Crippen molar-refractivity contribution in [2.24, 2.45) is 0 Å². The first-order valence-electron chi connectivity index (χ1n) is 10.9. The van der Waals surface area contributed by atoms with Crippen molar-refractivity contribution in [3.63, 3.8) is 0 Å². The van der Waals surface area contributed by atoms with E-state index in [0.29, 0.717) is 20.2 Å². The summed E-state index contributed by atoms with van der Waals surface area (Å²) in [6.07, 6.45) is 11.0. The molecule has 0 radical (unpaired) electrons. The molecule has 0 saturated heterocycles. The Labute approximate surface area is 183 Å². The van der Waals surface area contributed by atoms with Gasteiger partial charge in [0.2, 0.25) is 0 Å². The fraction of sp³-hybridized carbons (Fsp3) is 0.545. The maximum atomic E-state index is 13.1. The zero-order chi connectivity index (χ0) is 20.7. The zero-order valence-corrected chi connectivity index (χ0v) is 18.9. The molecule has 4 heterocycles.